The number of carbonyl (C=O) groups excluding carboxylic acids is 1. The van der Waals surface area contributed by atoms with Crippen LogP contribution in [0.1, 0.15) is 57.8 Å². The minimum Gasteiger partial charge on any atom is -0.342 e. The lowest BCUT2D eigenvalue weighted by Crippen LogP contribution is -2.39. The molecule has 1 aliphatic rings. The van der Waals surface area contributed by atoms with Crippen LogP contribution in [0.2, 0.25) is 0 Å². The second-order valence-corrected chi connectivity index (χ2v) is 5.74. The van der Waals surface area contributed by atoms with E-state index in [-0.39, 0.29) is 5.91 Å². The normalized spacial score (nSPS) is 20.0. The Bertz CT molecular complexity index is 476. The minimum atomic E-state index is 0.232. The Morgan fingerprint density at radius 3 is 3.05 bits per heavy atom. The first-order chi connectivity index (χ1) is 9.63. The van der Waals surface area contributed by atoms with E-state index in [4.69, 9.17) is 0 Å². The van der Waals surface area contributed by atoms with Crippen LogP contribution in [0.15, 0.2) is 24.5 Å². The predicted molar refractivity (Wildman–Crippen MR) is 80.6 cm³/mol. The van der Waals surface area contributed by atoms with Gasteiger partial charge >= 0.3 is 0 Å². The minimum absolute atomic E-state index is 0.232. The summed E-state index contributed by atoms with van der Waals surface area (Å²) in [5.74, 6) is 1.73. The molecule has 1 amide bonds. The van der Waals surface area contributed by atoms with E-state index in [0.29, 0.717) is 18.4 Å². The van der Waals surface area contributed by atoms with Crippen LogP contribution in [0.4, 0.5) is 0 Å². The fourth-order valence-electron chi connectivity index (χ4n) is 2.84. The molecule has 0 bridgehead atoms. The SMILES string of the molecule is C/C=C/CC(=O)N1CCC[C@@H](c2nccn2C(C)C)C1. The van der Waals surface area contributed by atoms with Gasteiger partial charge < -0.3 is 9.47 Å². The van der Waals surface area contributed by atoms with Gasteiger partial charge in [0, 0.05) is 43.9 Å². The number of likely N-dealkylation sites (tertiary alicyclic amines) is 1. The van der Waals surface area contributed by atoms with Crippen LogP contribution >= 0.6 is 0 Å². The van der Waals surface area contributed by atoms with Gasteiger partial charge in [-0.2, -0.15) is 0 Å². The first kappa shape index (κ1) is 14.8. The van der Waals surface area contributed by atoms with Crippen molar-refractivity contribution in [2.24, 2.45) is 0 Å². The van der Waals surface area contributed by atoms with Crippen molar-refractivity contribution in [2.75, 3.05) is 13.1 Å². The molecule has 0 saturated carbocycles. The third kappa shape index (κ3) is 3.30. The maximum atomic E-state index is 12.1. The average Bonchev–Trinajstić information content (AvgIpc) is 2.94. The number of hydrogen-bond acceptors (Lipinski definition) is 2. The van der Waals surface area contributed by atoms with Gasteiger partial charge in [0.05, 0.1) is 0 Å². The summed E-state index contributed by atoms with van der Waals surface area (Å²) >= 11 is 0. The highest BCUT2D eigenvalue weighted by Gasteiger charge is 2.27. The zero-order chi connectivity index (χ0) is 14.5. The Kier molecular flexibility index (Phi) is 4.99. The van der Waals surface area contributed by atoms with Gasteiger partial charge in [-0.3, -0.25) is 4.79 Å². The van der Waals surface area contributed by atoms with Crippen molar-refractivity contribution in [3.63, 3.8) is 0 Å². The van der Waals surface area contributed by atoms with Gasteiger partial charge in [0.1, 0.15) is 5.82 Å². The van der Waals surface area contributed by atoms with Gasteiger partial charge in [0.2, 0.25) is 5.91 Å². The van der Waals surface area contributed by atoms with Crippen molar-refractivity contribution in [3.8, 4) is 0 Å². The van der Waals surface area contributed by atoms with E-state index >= 15 is 0 Å². The molecule has 1 aromatic rings. The summed E-state index contributed by atoms with van der Waals surface area (Å²) in [6.45, 7) is 7.98. The molecule has 1 atom stereocenters. The fourth-order valence-corrected chi connectivity index (χ4v) is 2.84. The Balaban J connectivity index is 2.06. The van der Waals surface area contributed by atoms with Gasteiger partial charge in [0.25, 0.3) is 0 Å². The van der Waals surface area contributed by atoms with Crippen molar-refractivity contribution in [3.05, 3.63) is 30.4 Å². The average molecular weight is 275 g/mol. The Labute approximate surface area is 121 Å². The van der Waals surface area contributed by atoms with E-state index in [1.54, 1.807) is 0 Å². The first-order valence-corrected chi connectivity index (χ1v) is 7.55. The lowest BCUT2D eigenvalue weighted by molar-refractivity contribution is -0.131. The Hall–Kier alpha value is -1.58. The molecule has 1 aliphatic heterocycles. The Morgan fingerprint density at radius 1 is 1.55 bits per heavy atom. The number of amides is 1. The molecule has 0 radical (unpaired) electrons. The second-order valence-electron chi connectivity index (χ2n) is 5.74. The smallest absolute Gasteiger partial charge is 0.226 e. The molecule has 0 spiro atoms. The van der Waals surface area contributed by atoms with Crippen LogP contribution in [-0.2, 0) is 4.79 Å². The van der Waals surface area contributed by atoms with Crippen molar-refractivity contribution in [1.82, 2.24) is 14.5 Å². The summed E-state index contributed by atoms with van der Waals surface area (Å²) < 4.78 is 2.23. The van der Waals surface area contributed by atoms with E-state index < -0.39 is 0 Å². The van der Waals surface area contributed by atoms with Crippen molar-refractivity contribution in [2.45, 2.75) is 52.0 Å². The summed E-state index contributed by atoms with van der Waals surface area (Å²) in [5, 5.41) is 0. The maximum Gasteiger partial charge on any atom is 0.226 e. The number of nitrogens with zero attached hydrogens (tertiary/aromatic N) is 3. The number of allylic oxidation sites excluding steroid dienone is 1. The highest BCUT2D eigenvalue weighted by atomic mass is 16.2. The molecule has 0 aliphatic carbocycles. The van der Waals surface area contributed by atoms with Crippen molar-refractivity contribution < 1.29 is 4.79 Å². The topological polar surface area (TPSA) is 38.1 Å². The third-order valence-corrected chi connectivity index (χ3v) is 3.92. The summed E-state index contributed by atoms with van der Waals surface area (Å²) in [5.41, 5.74) is 0. The fraction of sp³-hybridized carbons (Fsp3) is 0.625. The second kappa shape index (κ2) is 6.73. The maximum absolute atomic E-state index is 12.1. The number of imidazole rings is 1. The molecule has 4 heteroatoms. The highest BCUT2D eigenvalue weighted by molar-refractivity contribution is 5.77. The molecule has 2 heterocycles. The molecule has 1 saturated heterocycles. The zero-order valence-electron chi connectivity index (χ0n) is 12.7. The third-order valence-electron chi connectivity index (χ3n) is 3.92. The molecule has 4 nitrogen and oxygen atoms in total. The summed E-state index contributed by atoms with van der Waals surface area (Å²) in [6, 6.07) is 0.418. The predicted octanol–water partition coefficient (Wildman–Crippen LogP) is 3.14. The van der Waals surface area contributed by atoms with Gasteiger partial charge in [-0.25, -0.2) is 4.98 Å². The number of hydrogen-bond donors (Lipinski definition) is 0. The quantitative estimate of drug-likeness (QED) is 0.792. The summed E-state index contributed by atoms with van der Waals surface area (Å²) in [4.78, 5) is 18.7. The molecule has 0 unspecified atom stereocenters. The molecule has 1 fully saturated rings. The van der Waals surface area contributed by atoms with Gasteiger partial charge in [-0.1, -0.05) is 12.2 Å². The van der Waals surface area contributed by atoms with Crippen molar-refractivity contribution >= 4 is 5.91 Å². The van der Waals surface area contributed by atoms with Gasteiger partial charge in [0.15, 0.2) is 0 Å². The van der Waals surface area contributed by atoms with Gasteiger partial charge in [-0.05, 0) is 33.6 Å². The van der Waals surface area contributed by atoms with Gasteiger partial charge in [-0.15, -0.1) is 0 Å². The van der Waals surface area contributed by atoms with E-state index in [9.17, 15) is 4.79 Å². The molecular formula is C16H25N3O. The van der Waals surface area contributed by atoms with Crippen LogP contribution in [0, 0.1) is 0 Å². The summed E-state index contributed by atoms with van der Waals surface area (Å²) in [6.07, 6.45) is 10.5. The summed E-state index contributed by atoms with van der Waals surface area (Å²) in [7, 11) is 0. The molecular weight excluding hydrogens is 250 g/mol. The number of piperidine rings is 1. The number of carbonyl (C=O) groups is 1. The lowest BCUT2D eigenvalue weighted by Gasteiger charge is -2.33. The molecule has 110 valence electrons. The van der Waals surface area contributed by atoms with E-state index in [1.807, 2.05) is 36.4 Å². The molecule has 0 aromatic carbocycles. The van der Waals surface area contributed by atoms with Crippen LogP contribution < -0.4 is 0 Å². The highest BCUT2D eigenvalue weighted by Crippen LogP contribution is 2.27. The van der Waals surface area contributed by atoms with E-state index in [2.05, 4.69) is 23.4 Å². The van der Waals surface area contributed by atoms with Crippen LogP contribution in [-0.4, -0.2) is 33.4 Å². The number of rotatable bonds is 4. The molecule has 2 rings (SSSR count). The lowest BCUT2D eigenvalue weighted by atomic mass is 9.96. The number of aromatic nitrogens is 2. The van der Waals surface area contributed by atoms with E-state index in [0.717, 1.165) is 31.8 Å². The van der Waals surface area contributed by atoms with Crippen molar-refractivity contribution in [1.29, 1.82) is 0 Å². The van der Waals surface area contributed by atoms with E-state index in [1.165, 1.54) is 0 Å². The Morgan fingerprint density at radius 2 is 2.35 bits per heavy atom. The zero-order valence-corrected chi connectivity index (χ0v) is 12.7. The largest absolute Gasteiger partial charge is 0.342 e. The first-order valence-electron chi connectivity index (χ1n) is 7.55. The van der Waals surface area contributed by atoms with Crippen LogP contribution in [0.3, 0.4) is 0 Å². The molecule has 20 heavy (non-hydrogen) atoms. The van der Waals surface area contributed by atoms with Crippen LogP contribution in [0.25, 0.3) is 0 Å². The molecule has 0 N–H and O–H groups in total. The van der Waals surface area contributed by atoms with Crippen LogP contribution in [0.5, 0.6) is 0 Å². The molecule has 1 aromatic heterocycles. The monoisotopic (exact) mass is 275 g/mol. The standard InChI is InChI=1S/C16H25N3O/c1-4-5-8-15(20)18-10-6-7-14(12-18)16-17-9-11-19(16)13(2)3/h4-5,9,11,13-14H,6-8,10,12H2,1-3H3/b5-4+/t14-/m1/s1.